The van der Waals surface area contributed by atoms with Crippen LogP contribution in [0.1, 0.15) is 16.8 Å². The second kappa shape index (κ2) is 4.49. The van der Waals surface area contributed by atoms with Crippen LogP contribution in [0.2, 0.25) is 0 Å². The minimum atomic E-state index is -0.147. The summed E-state index contributed by atoms with van der Waals surface area (Å²) >= 11 is 0. The second-order valence-electron chi connectivity index (χ2n) is 3.44. The van der Waals surface area contributed by atoms with Crippen LogP contribution in [-0.2, 0) is 0 Å². The molecule has 0 aliphatic heterocycles. The highest BCUT2D eigenvalue weighted by Crippen LogP contribution is 2.13. The SMILES string of the molecule is N#CCCNC(=O)c1ccc2cc[nH]c2c1. The molecule has 1 amide bonds. The summed E-state index contributed by atoms with van der Waals surface area (Å²) < 4.78 is 0. The van der Waals surface area contributed by atoms with Crippen molar-refractivity contribution >= 4 is 16.8 Å². The van der Waals surface area contributed by atoms with E-state index in [-0.39, 0.29) is 5.91 Å². The largest absolute Gasteiger partial charge is 0.361 e. The van der Waals surface area contributed by atoms with E-state index in [1.807, 2.05) is 24.4 Å². The van der Waals surface area contributed by atoms with Gasteiger partial charge in [0.25, 0.3) is 5.91 Å². The molecule has 2 N–H and O–H groups in total. The summed E-state index contributed by atoms with van der Waals surface area (Å²) in [5, 5.41) is 12.1. The number of benzene rings is 1. The fourth-order valence-corrected chi connectivity index (χ4v) is 1.52. The molecular formula is C12H11N3O. The lowest BCUT2D eigenvalue weighted by Gasteiger charge is -2.02. The van der Waals surface area contributed by atoms with E-state index in [9.17, 15) is 4.79 Å². The number of carbonyl (C=O) groups is 1. The Balaban J connectivity index is 2.13. The predicted molar refractivity (Wildman–Crippen MR) is 60.9 cm³/mol. The Morgan fingerprint density at radius 1 is 1.44 bits per heavy atom. The first kappa shape index (κ1) is 10.2. The summed E-state index contributed by atoms with van der Waals surface area (Å²) in [5.74, 6) is -0.147. The van der Waals surface area contributed by atoms with Crippen molar-refractivity contribution in [1.82, 2.24) is 10.3 Å². The van der Waals surface area contributed by atoms with E-state index >= 15 is 0 Å². The smallest absolute Gasteiger partial charge is 0.251 e. The molecule has 0 radical (unpaired) electrons. The van der Waals surface area contributed by atoms with Gasteiger partial charge < -0.3 is 10.3 Å². The van der Waals surface area contributed by atoms with E-state index < -0.39 is 0 Å². The summed E-state index contributed by atoms with van der Waals surface area (Å²) in [7, 11) is 0. The summed E-state index contributed by atoms with van der Waals surface area (Å²) in [5.41, 5.74) is 1.54. The molecule has 1 aromatic carbocycles. The molecule has 16 heavy (non-hydrogen) atoms. The minimum absolute atomic E-state index is 0.147. The van der Waals surface area contributed by atoms with Crippen LogP contribution in [0, 0.1) is 11.3 Å². The molecule has 2 aromatic rings. The van der Waals surface area contributed by atoms with Crippen molar-refractivity contribution in [1.29, 1.82) is 5.26 Å². The fraction of sp³-hybridized carbons (Fsp3) is 0.167. The summed E-state index contributed by atoms with van der Waals surface area (Å²) in [6.07, 6.45) is 2.17. The average Bonchev–Trinajstić information content (AvgIpc) is 2.76. The van der Waals surface area contributed by atoms with Crippen LogP contribution in [0.25, 0.3) is 10.9 Å². The van der Waals surface area contributed by atoms with Gasteiger partial charge in [-0.05, 0) is 23.6 Å². The molecule has 0 spiro atoms. The van der Waals surface area contributed by atoms with Crippen molar-refractivity contribution in [3.05, 3.63) is 36.0 Å². The molecule has 0 aliphatic carbocycles. The molecule has 4 heteroatoms. The molecule has 0 aliphatic rings. The summed E-state index contributed by atoms with van der Waals surface area (Å²) in [4.78, 5) is 14.7. The van der Waals surface area contributed by atoms with E-state index in [1.54, 1.807) is 12.1 Å². The van der Waals surface area contributed by atoms with E-state index in [0.717, 1.165) is 10.9 Å². The molecule has 80 valence electrons. The van der Waals surface area contributed by atoms with Gasteiger partial charge in [-0.3, -0.25) is 4.79 Å². The van der Waals surface area contributed by atoms with E-state index in [1.165, 1.54) is 0 Å². The van der Waals surface area contributed by atoms with Crippen LogP contribution in [0.3, 0.4) is 0 Å². The third-order valence-corrected chi connectivity index (χ3v) is 2.34. The molecule has 0 atom stereocenters. The normalized spacial score (nSPS) is 9.94. The molecule has 0 unspecified atom stereocenters. The van der Waals surface area contributed by atoms with Gasteiger partial charge in [0.2, 0.25) is 0 Å². The van der Waals surface area contributed by atoms with Gasteiger partial charge in [-0.2, -0.15) is 5.26 Å². The third kappa shape index (κ3) is 2.04. The Hall–Kier alpha value is -2.28. The number of hydrogen-bond acceptors (Lipinski definition) is 2. The van der Waals surface area contributed by atoms with Crippen molar-refractivity contribution in [2.24, 2.45) is 0 Å². The first-order valence-electron chi connectivity index (χ1n) is 5.03. The molecule has 0 saturated carbocycles. The molecule has 1 heterocycles. The van der Waals surface area contributed by atoms with Gasteiger partial charge in [-0.1, -0.05) is 6.07 Å². The molecule has 4 nitrogen and oxygen atoms in total. The van der Waals surface area contributed by atoms with Gasteiger partial charge in [0.1, 0.15) is 0 Å². The van der Waals surface area contributed by atoms with Crippen molar-refractivity contribution in [3.63, 3.8) is 0 Å². The fourth-order valence-electron chi connectivity index (χ4n) is 1.52. The Morgan fingerprint density at radius 3 is 3.12 bits per heavy atom. The van der Waals surface area contributed by atoms with Crippen LogP contribution in [-0.4, -0.2) is 17.4 Å². The maximum absolute atomic E-state index is 11.7. The lowest BCUT2D eigenvalue weighted by molar-refractivity contribution is 0.0954. The number of amides is 1. The molecule has 0 fully saturated rings. The van der Waals surface area contributed by atoms with Crippen LogP contribution in [0.4, 0.5) is 0 Å². The van der Waals surface area contributed by atoms with Gasteiger partial charge in [0, 0.05) is 23.8 Å². The van der Waals surface area contributed by atoms with Gasteiger partial charge in [-0.15, -0.1) is 0 Å². The van der Waals surface area contributed by atoms with Crippen LogP contribution < -0.4 is 5.32 Å². The Kier molecular flexibility index (Phi) is 2.88. The highest BCUT2D eigenvalue weighted by molar-refractivity contribution is 5.97. The lowest BCUT2D eigenvalue weighted by atomic mass is 10.1. The summed E-state index contributed by atoms with van der Waals surface area (Å²) in [6.45, 7) is 0.387. The number of aromatic amines is 1. The number of H-pyrrole nitrogens is 1. The first-order valence-corrected chi connectivity index (χ1v) is 5.03. The Bertz CT molecular complexity index is 551. The second-order valence-corrected chi connectivity index (χ2v) is 3.44. The first-order chi connectivity index (χ1) is 7.81. The number of nitriles is 1. The average molecular weight is 213 g/mol. The topological polar surface area (TPSA) is 68.7 Å². The number of nitrogens with zero attached hydrogens (tertiary/aromatic N) is 1. The molecule has 1 aromatic heterocycles. The zero-order valence-corrected chi connectivity index (χ0v) is 8.66. The molecule has 2 rings (SSSR count). The number of nitrogens with one attached hydrogen (secondary N) is 2. The van der Waals surface area contributed by atoms with Gasteiger partial charge >= 0.3 is 0 Å². The van der Waals surface area contributed by atoms with Gasteiger partial charge in [0.05, 0.1) is 12.5 Å². The van der Waals surface area contributed by atoms with E-state index in [0.29, 0.717) is 18.5 Å². The molecule has 0 bridgehead atoms. The minimum Gasteiger partial charge on any atom is -0.361 e. The van der Waals surface area contributed by atoms with Crippen molar-refractivity contribution in [2.45, 2.75) is 6.42 Å². The van der Waals surface area contributed by atoms with Gasteiger partial charge in [-0.25, -0.2) is 0 Å². The molecular weight excluding hydrogens is 202 g/mol. The number of aromatic nitrogens is 1. The van der Waals surface area contributed by atoms with Gasteiger partial charge in [0.15, 0.2) is 0 Å². The third-order valence-electron chi connectivity index (χ3n) is 2.34. The van der Waals surface area contributed by atoms with Crippen molar-refractivity contribution < 1.29 is 4.79 Å². The van der Waals surface area contributed by atoms with Crippen LogP contribution in [0.5, 0.6) is 0 Å². The molecule has 0 saturated heterocycles. The maximum atomic E-state index is 11.7. The van der Waals surface area contributed by atoms with E-state index in [4.69, 9.17) is 5.26 Å². The van der Waals surface area contributed by atoms with Crippen LogP contribution >= 0.6 is 0 Å². The number of fused-ring (bicyclic) bond motifs is 1. The Morgan fingerprint density at radius 2 is 2.31 bits per heavy atom. The highest BCUT2D eigenvalue weighted by Gasteiger charge is 2.05. The highest BCUT2D eigenvalue weighted by atomic mass is 16.1. The Labute approximate surface area is 92.9 Å². The number of carbonyl (C=O) groups excluding carboxylic acids is 1. The number of rotatable bonds is 3. The summed E-state index contributed by atoms with van der Waals surface area (Å²) in [6, 6.07) is 9.40. The zero-order chi connectivity index (χ0) is 11.4. The monoisotopic (exact) mass is 213 g/mol. The van der Waals surface area contributed by atoms with Crippen molar-refractivity contribution in [3.8, 4) is 6.07 Å². The lowest BCUT2D eigenvalue weighted by Crippen LogP contribution is -2.24. The van der Waals surface area contributed by atoms with Crippen molar-refractivity contribution in [2.75, 3.05) is 6.54 Å². The standard InChI is InChI=1S/C12H11N3O/c13-5-1-6-15-12(16)10-3-2-9-4-7-14-11(9)8-10/h2-4,7-8,14H,1,6H2,(H,15,16). The maximum Gasteiger partial charge on any atom is 0.251 e. The van der Waals surface area contributed by atoms with E-state index in [2.05, 4.69) is 10.3 Å². The van der Waals surface area contributed by atoms with Crippen LogP contribution in [0.15, 0.2) is 30.5 Å². The zero-order valence-electron chi connectivity index (χ0n) is 8.66. The predicted octanol–water partition coefficient (Wildman–Crippen LogP) is 1.81. The number of hydrogen-bond donors (Lipinski definition) is 2. The quantitative estimate of drug-likeness (QED) is 0.763.